The molecular weight excluding hydrogens is 172 g/mol. The number of hydrogen-bond donors (Lipinski definition) is 0. The van der Waals surface area contributed by atoms with Crippen LogP contribution in [-0.2, 0) is 0 Å². The van der Waals surface area contributed by atoms with E-state index in [0.717, 1.165) is 18.5 Å². The van der Waals surface area contributed by atoms with Crippen LogP contribution in [0.15, 0.2) is 12.3 Å². The van der Waals surface area contributed by atoms with Gasteiger partial charge in [-0.25, -0.2) is 0 Å². The van der Waals surface area contributed by atoms with Crippen LogP contribution in [0.25, 0.3) is 0 Å². The minimum absolute atomic E-state index is 0.435. The molecule has 1 aromatic heterocycles. The van der Waals surface area contributed by atoms with Crippen LogP contribution in [0.3, 0.4) is 0 Å². The first-order valence-electron chi connectivity index (χ1n) is 3.98. The molecule has 2 heterocycles. The summed E-state index contributed by atoms with van der Waals surface area (Å²) in [6.45, 7) is 0. The molecule has 0 amide bonds. The molecule has 3 nitrogen and oxygen atoms in total. The SMILES string of the molecule is O=Cc1ccnn1C1CCSC1. The Bertz CT molecular complexity index is 278. The van der Waals surface area contributed by atoms with Crippen LogP contribution in [0.1, 0.15) is 23.0 Å². The van der Waals surface area contributed by atoms with Crippen LogP contribution in [0.4, 0.5) is 0 Å². The minimum atomic E-state index is 0.435. The summed E-state index contributed by atoms with van der Waals surface area (Å²) in [6.07, 6.45) is 3.69. The number of nitrogens with zero attached hydrogens (tertiary/aromatic N) is 2. The van der Waals surface area contributed by atoms with Crippen molar-refractivity contribution < 1.29 is 4.79 Å². The maximum Gasteiger partial charge on any atom is 0.168 e. The molecule has 64 valence electrons. The van der Waals surface area contributed by atoms with Crippen LogP contribution >= 0.6 is 11.8 Å². The van der Waals surface area contributed by atoms with Gasteiger partial charge in [-0.05, 0) is 18.2 Å². The van der Waals surface area contributed by atoms with Gasteiger partial charge in [0, 0.05) is 11.9 Å². The van der Waals surface area contributed by atoms with Crippen molar-refractivity contribution in [1.29, 1.82) is 0 Å². The minimum Gasteiger partial charge on any atom is -0.296 e. The first-order chi connectivity index (χ1) is 5.92. The Balaban J connectivity index is 2.25. The van der Waals surface area contributed by atoms with Crippen molar-refractivity contribution in [2.45, 2.75) is 12.5 Å². The summed E-state index contributed by atoms with van der Waals surface area (Å²) < 4.78 is 1.84. The monoisotopic (exact) mass is 182 g/mol. The smallest absolute Gasteiger partial charge is 0.168 e. The number of aldehydes is 1. The second-order valence-electron chi connectivity index (χ2n) is 2.84. The molecule has 0 N–H and O–H groups in total. The van der Waals surface area contributed by atoms with Crippen LogP contribution in [-0.4, -0.2) is 27.6 Å². The van der Waals surface area contributed by atoms with Crippen molar-refractivity contribution in [3.8, 4) is 0 Å². The quantitative estimate of drug-likeness (QED) is 0.648. The lowest BCUT2D eigenvalue weighted by Gasteiger charge is -2.09. The molecule has 1 saturated heterocycles. The Morgan fingerprint density at radius 1 is 1.75 bits per heavy atom. The molecule has 2 rings (SSSR count). The molecule has 0 aromatic carbocycles. The summed E-state index contributed by atoms with van der Waals surface area (Å²) in [7, 11) is 0. The van der Waals surface area contributed by atoms with Crippen LogP contribution < -0.4 is 0 Å². The Labute approximate surface area is 75.1 Å². The zero-order valence-electron chi connectivity index (χ0n) is 6.64. The van der Waals surface area contributed by atoms with E-state index < -0.39 is 0 Å². The zero-order valence-corrected chi connectivity index (χ0v) is 7.46. The molecule has 0 saturated carbocycles. The van der Waals surface area contributed by atoms with E-state index in [-0.39, 0.29) is 0 Å². The normalized spacial score (nSPS) is 22.8. The van der Waals surface area contributed by atoms with Gasteiger partial charge in [0.2, 0.25) is 0 Å². The van der Waals surface area contributed by atoms with Gasteiger partial charge in [0.15, 0.2) is 6.29 Å². The van der Waals surface area contributed by atoms with E-state index in [0.29, 0.717) is 11.7 Å². The van der Waals surface area contributed by atoms with Crippen LogP contribution in [0.5, 0.6) is 0 Å². The zero-order chi connectivity index (χ0) is 8.39. The fraction of sp³-hybridized carbons (Fsp3) is 0.500. The average Bonchev–Trinajstić information content (AvgIpc) is 2.74. The van der Waals surface area contributed by atoms with E-state index >= 15 is 0 Å². The van der Waals surface area contributed by atoms with Gasteiger partial charge in [0.05, 0.1) is 6.04 Å². The first-order valence-corrected chi connectivity index (χ1v) is 5.13. The standard InChI is InChI=1S/C8H10N2OS/c11-5-7-1-3-9-10(7)8-2-4-12-6-8/h1,3,5,8H,2,4,6H2. The number of carbonyl (C=O) groups is 1. The van der Waals surface area contributed by atoms with Gasteiger partial charge >= 0.3 is 0 Å². The van der Waals surface area contributed by atoms with E-state index in [9.17, 15) is 4.79 Å². The van der Waals surface area contributed by atoms with Gasteiger partial charge in [0.1, 0.15) is 5.69 Å². The number of rotatable bonds is 2. The van der Waals surface area contributed by atoms with Gasteiger partial charge in [-0.3, -0.25) is 9.48 Å². The lowest BCUT2D eigenvalue weighted by atomic mass is 10.2. The molecule has 1 unspecified atom stereocenters. The summed E-state index contributed by atoms with van der Waals surface area (Å²) in [5, 5.41) is 4.14. The Morgan fingerprint density at radius 3 is 3.33 bits per heavy atom. The predicted octanol–water partition coefficient (Wildman–Crippen LogP) is 1.37. The number of thioether (sulfide) groups is 1. The largest absolute Gasteiger partial charge is 0.296 e. The molecule has 0 spiro atoms. The van der Waals surface area contributed by atoms with Crippen LogP contribution in [0, 0.1) is 0 Å². The van der Waals surface area contributed by atoms with E-state index in [4.69, 9.17) is 0 Å². The molecule has 1 aliphatic rings. The highest BCUT2D eigenvalue weighted by atomic mass is 32.2. The lowest BCUT2D eigenvalue weighted by molar-refractivity contribution is 0.111. The highest BCUT2D eigenvalue weighted by molar-refractivity contribution is 7.99. The fourth-order valence-electron chi connectivity index (χ4n) is 1.44. The number of hydrogen-bond acceptors (Lipinski definition) is 3. The van der Waals surface area contributed by atoms with Crippen molar-refractivity contribution in [3.63, 3.8) is 0 Å². The third-order valence-corrected chi connectivity index (χ3v) is 3.22. The fourth-order valence-corrected chi connectivity index (χ4v) is 2.62. The lowest BCUT2D eigenvalue weighted by Crippen LogP contribution is -2.12. The molecule has 0 radical (unpaired) electrons. The van der Waals surface area contributed by atoms with Gasteiger partial charge in [-0.1, -0.05) is 0 Å². The van der Waals surface area contributed by atoms with Crippen molar-refractivity contribution in [1.82, 2.24) is 9.78 Å². The molecule has 1 atom stereocenters. The summed E-state index contributed by atoms with van der Waals surface area (Å²) in [4.78, 5) is 10.6. The maximum absolute atomic E-state index is 10.6. The highest BCUT2D eigenvalue weighted by Crippen LogP contribution is 2.27. The maximum atomic E-state index is 10.6. The average molecular weight is 182 g/mol. The predicted molar refractivity (Wildman–Crippen MR) is 48.6 cm³/mol. The van der Waals surface area contributed by atoms with Crippen molar-refractivity contribution in [2.75, 3.05) is 11.5 Å². The molecular formula is C8H10N2OS. The molecule has 0 aliphatic carbocycles. The van der Waals surface area contributed by atoms with Gasteiger partial charge in [-0.15, -0.1) is 0 Å². The first kappa shape index (κ1) is 7.86. The Kier molecular flexibility index (Phi) is 2.17. The third kappa shape index (κ3) is 1.27. The van der Waals surface area contributed by atoms with Crippen molar-refractivity contribution >= 4 is 18.0 Å². The van der Waals surface area contributed by atoms with Gasteiger partial charge in [0.25, 0.3) is 0 Å². The van der Waals surface area contributed by atoms with E-state index in [1.807, 2.05) is 16.4 Å². The summed E-state index contributed by atoms with van der Waals surface area (Å²) >= 11 is 1.92. The number of aromatic nitrogens is 2. The summed E-state index contributed by atoms with van der Waals surface area (Å²) in [6, 6.07) is 2.20. The van der Waals surface area contributed by atoms with Gasteiger partial charge in [-0.2, -0.15) is 16.9 Å². The van der Waals surface area contributed by atoms with Crippen molar-refractivity contribution in [2.24, 2.45) is 0 Å². The van der Waals surface area contributed by atoms with E-state index in [2.05, 4.69) is 5.10 Å². The van der Waals surface area contributed by atoms with Crippen molar-refractivity contribution in [3.05, 3.63) is 18.0 Å². The molecule has 1 aromatic rings. The highest BCUT2D eigenvalue weighted by Gasteiger charge is 2.19. The second kappa shape index (κ2) is 3.31. The molecule has 12 heavy (non-hydrogen) atoms. The Hall–Kier alpha value is -0.770. The molecule has 1 fully saturated rings. The van der Waals surface area contributed by atoms with Gasteiger partial charge < -0.3 is 0 Å². The Morgan fingerprint density at radius 2 is 2.67 bits per heavy atom. The number of carbonyl (C=O) groups excluding carboxylic acids is 1. The second-order valence-corrected chi connectivity index (χ2v) is 3.99. The molecule has 1 aliphatic heterocycles. The van der Waals surface area contributed by atoms with E-state index in [1.165, 1.54) is 5.75 Å². The van der Waals surface area contributed by atoms with Crippen LogP contribution in [0.2, 0.25) is 0 Å². The molecule has 4 heteroatoms. The third-order valence-electron chi connectivity index (χ3n) is 2.07. The summed E-state index contributed by atoms with van der Waals surface area (Å²) in [5.41, 5.74) is 0.697. The topological polar surface area (TPSA) is 34.9 Å². The molecule has 0 bridgehead atoms. The summed E-state index contributed by atoms with van der Waals surface area (Å²) in [5.74, 6) is 2.27. The van der Waals surface area contributed by atoms with E-state index in [1.54, 1.807) is 12.3 Å².